The van der Waals surface area contributed by atoms with E-state index < -0.39 is 5.97 Å². The summed E-state index contributed by atoms with van der Waals surface area (Å²) in [5.41, 5.74) is 1.63. The van der Waals surface area contributed by atoms with Crippen molar-refractivity contribution in [1.82, 2.24) is 10.3 Å². The standard InChI is InChI=1S/C13H12BrN3O3S/c1-7-2-3-8(14)4-9(7)17-13(20)15-5-11-16-10(6-21-11)12(18)19/h2-4,6H,5H2,1H3,(H,18,19)(H2,15,17,20). The van der Waals surface area contributed by atoms with Crippen LogP contribution in [0.25, 0.3) is 0 Å². The predicted molar refractivity (Wildman–Crippen MR) is 83.8 cm³/mol. The summed E-state index contributed by atoms with van der Waals surface area (Å²) in [5.74, 6) is -1.08. The van der Waals surface area contributed by atoms with Crippen LogP contribution >= 0.6 is 27.3 Å². The molecule has 2 rings (SSSR count). The Hall–Kier alpha value is -1.93. The third-order valence-corrected chi connectivity index (χ3v) is 3.96. The zero-order valence-corrected chi connectivity index (χ0v) is 13.4. The van der Waals surface area contributed by atoms with Crippen molar-refractivity contribution in [3.05, 3.63) is 44.3 Å². The van der Waals surface area contributed by atoms with E-state index in [1.54, 1.807) is 6.07 Å². The van der Waals surface area contributed by atoms with Crippen LogP contribution in [0, 0.1) is 6.92 Å². The first-order chi connectivity index (χ1) is 9.95. The highest BCUT2D eigenvalue weighted by Crippen LogP contribution is 2.20. The number of benzene rings is 1. The third-order valence-electron chi connectivity index (χ3n) is 2.62. The molecule has 21 heavy (non-hydrogen) atoms. The number of aromatic carboxylic acids is 1. The van der Waals surface area contributed by atoms with Crippen molar-refractivity contribution in [3.63, 3.8) is 0 Å². The minimum Gasteiger partial charge on any atom is -0.476 e. The predicted octanol–water partition coefficient (Wildman–Crippen LogP) is 3.23. The summed E-state index contributed by atoms with van der Waals surface area (Å²) in [6, 6.07) is 5.21. The van der Waals surface area contributed by atoms with Crippen molar-refractivity contribution in [2.75, 3.05) is 5.32 Å². The summed E-state index contributed by atoms with van der Waals surface area (Å²) in [7, 11) is 0. The number of halogens is 1. The maximum absolute atomic E-state index is 11.8. The number of aryl methyl sites for hydroxylation is 1. The largest absolute Gasteiger partial charge is 0.476 e. The van der Waals surface area contributed by atoms with Crippen LogP contribution in [0.15, 0.2) is 28.1 Å². The number of carboxylic acid groups (broad SMARTS) is 1. The molecule has 0 saturated carbocycles. The average molecular weight is 370 g/mol. The van der Waals surface area contributed by atoms with E-state index in [1.165, 1.54) is 16.7 Å². The second-order valence-corrected chi connectivity index (χ2v) is 6.06. The molecule has 0 unspecified atom stereocenters. The van der Waals surface area contributed by atoms with Crippen LogP contribution in [0.4, 0.5) is 10.5 Å². The molecule has 2 aromatic rings. The van der Waals surface area contributed by atoms with Gasteiger partial charge in [-0.3, -0.25) is 0 Å². The summed E-state index contributed by atoms with van der Waals surface area (Å²) in [5, 5.41) is 16.1. The summed E-state index contributed by atoms with van der Waals surface area (Å²) in [6.07, 6.45) is 0. The zero-order valence-electron chi connectivity index (χ0n) is 11.0. The number of hydrogen-bond donors (Lipinski definition) is 3. The molecular formula is C13H12BrN3O3S. The first-order valence-corrected chi connectivity index (χ1v) is 7.61. The van der Waals surface area contributed by atoms with Crippen LogP contribution in [0.1, 0.15) is 21.1 Å². The number of carbonyl (C=O) groups excluding carboxylic acids is 1. The van der Waals surface area contributed by atoms with Gasteiger partial charge in [0.05, 0.1) is 6.54 Å². The number of amides is 2. The van der Waals surface area contributed by atoms with E-state index in [0.717, 1.165) is 10.0 Å². The Balaban J connectivity index is 1.92. The van der Waals surface area contributed by atoms with Gasteiger partial charge in [-0.25, -0.2) is 14.6 Å². The topological polar surface area (TPSA) is 91.3 Å². The van der Waals surface area contributed by atoms with Crippen molar-refractivity contribution in [1.29, 1.82) is 0 Å². The van der Waals surface area contributed by atoms with Gasteiger partial charge in [-0.2, -0.15) is 0 Å². The quantitative estimate of drug-likeness (QED) is 0.771. The van der Waals surface area contributed by atoms with Crippen molar-refractivity contribution in [2.45, 2.75) is 13.5 Å². The fraction of sp³-hybridized carbons (Fsp3) is 0.154. The number of thiazole rings is 1. The molecule has 0 radical (unpaired) electrons. The molecule has 6 nitrogen and oxygen atoms in total. The number of rotatable bonds is 4. The second-order valence-electron chi connectivity index (χ2n) is 4.20. The fourth-order valence-corrected chi connectivity index (χ4v) is 2.61. The molecule has 0 atom stereocenters. The van der Waals surface area contributed by atoms with E-state index in [1.807, 2.05) is 19.1 Å². The van der Waals surface area contributed by atoms with Crippen LogP contribution in [0.5, 0.6) is 0 Å². The van der Waals surface area contributed by atoms with Crippen LogP contribution < -0.4 is 10.6 Å². The first kappa shape index (κ1) is 15.5. The number of hydrogen-bond acceptors (Lipinski definition) is 4. The van der Waals surface area contributed by atoms with Crippen LogP contribution in [0.2, 0.25) is 0 Å². The number of nitrogens with zero attached hydrogens (tertiary/aromatic N) is 1. The molecule has 3 N–H and O–H groups in total. The Bertz CT molecular complexity index is 687. The van der Waals surface area contributed by atoms with Gasteiger partial charge in [0.2, 0.25) is 0 Å². The van der Waals surface area contributed by atoms with E-state index in [-0.39, 0.29) is 18.3 Å². The Labute approximate surface area is 133 Å². The highest BCUT2D eigenvalue weighted by atomic mass is 79.9. The molecule has 2 amide bonds. The molecule has 0 fully saturated rings. The summed E-state index contributed by atoms with van der Waals surface area (Å²) < 4.78 is 0.870. The second kappa shape index (κ2) is 6.68. The monoisotopic (exact) mass is 369 g/mol. The molecule has 1 aromatic carbocycles. The highest BCUT2D eigenvalue weighted by Gasteiger charge is 2.10. The lowest BCUT2D eigenvalue weighted by atomic mass is 10.2. The Morgan fingerprint density at radius 3 is 2.86 bits per heavy atom. The minimum atomic E-state index is -1.08. The molecule has 8 heteroatoms. The van der Waals surface area contributed by atoms with Gasteiger partial charge in [0.25, 0.3) is 0 Å². The SMILES string of the molecule is Cc1ccc(Br)cc1NC(=O)NCc1nc(C(=O)O)cs1. The highest BCUT2D eigenvalue weighted by molar-refractivity contribution is 9.10. The lowest BCUT2D eigenvalue weighted by molar-refractivity contribution is 0.0691. The van der Waals surface area contributed by atoms with Crippen molar-refractivity contribution >= 4 is 45.0 Å². The fourth-order valence-electron chi connectivity index (χ4n) is 1.54. The van der Waals surface area contributed by atoms with Gasteiger partial charge in [-0.1, -0.05) is 22.0 Å². The van der Waals surface area contributed by atoms with Gasteiger partial charge in [0.15, 0.2) is 5.69 Å². The first-order valence-electron chi connectivity index (χ1n) is 5.94. The zero-order chi connectivity index (χ0) is 15.4. The third kappa shape index (κ3) is 4.27. The maximum Gasteiger partial charge on any atom is 0.355 e. The number of nitrogens with one attached hydrogen (secondary N) is 2. The Kier molecular flexibility index (Phi) is 4.92. The number of carboxylic acids is 1. The molecule has 110 valence electrons. The maximum atomic E-state index is 11.8. The lowest BCUT2D eigenvalue weighted by Crippen LogP contribution is -2.28. The smallest absolute Gasteiger partial charge is 0.355 e. The molecule has 0 bridgehead atoms. The van der Waals surface area contributed by atoms with E-state index in [0.29, 0.717) is 10.7 Å². The Morgan fingerprint density at radius 2 is 2.19 bits per heavy atom. The number of urea groups is 1. The lowest BCUT2D eigenvalue weighted by Gasteiger charge is -2.09. The van der Waals surface area contributed by atoms with E-state index in [9.17, 15) is 9.59 Å². The van der Waals surface area contributed by atoms with E-state index in [2.05, 4.69) is 31.5 Å². The molecule has 1 heterocycles. The van der Waals surface area contributed by atoms with Crippen LogP contribution in [0.3, 0.4) is 0 Å². The molecule has 0 saturated heterocycles. The molecule has 0 aliphatic heterocycles. The van der Waals surface area contributed by atoms with Gasteiger partial charge in [0.1, 0.15) is 5.01 Å². The van der Waals surface area contributed by atoms with Crippen LogP contribution in [-0.2, 0) is 6.54 Å². The number of aromatic nitrogens is 1. The normalized spacial score (nSPS) is 10.2. The average Bonchev–Trinajstić information content (AvgIpc) is 2.90. The molecular weight excluding hydrogens is 358 g/mol. The molecule has 0 aliphatic rings. The van der Waals surface area contributed by atoms with E-state index >= 15 is 0 Å². The van der Waals surface area contributed by atoms with Crippen molar-refractivity contribution in [2.24, 2.45) is 0 Å². The van der Waals surface area contributed by atoms with Crippen LogP contribution in [-0.4, -0.2) is 22.1 Å². The number of carbonyl (C=O) groups is 2. The molecule has 0 aliphatic carbocycles. The molecule has 0 spiro atoms. The molecule has 1 aromatic heterocycles. The van der Waals surface area contributed by atoms with Gasteiger partial charge < -0.3 is 15.7 Å². The van der Waals surface area contributed by atoms with Crippen molar-refractivity contribution in [3.8, 4) is 0 Å². The summed E-state index contributed by atoms with van der Waals surface area (Å²) in [4.78, 5) is 26.4. The van der Waals surface area contributed by atoms with Gasteiger partial charge >= 0.3 is 12.0 Å². The van der Waals surface area contributed by atoms with Crippen molar-refractivity contribution < 1.29 is 14.7 Å². The van der Waals surface area contributed by atoms with Gasteiger partial charge in [-0.15, -0.1) is 11.3 Å². The summed E-state index contributed by atoms with van der Waals surface area (Å²) in [6.45, 7) is 2.07. The minimum absolute atomic E-state index is 0.0138. The van der Waals surface area contributed by atoms with Gasteiger partial charge in [0, 0.05) is 15.5 Å². The van der Waals surface area contributed by atoms with E-state index in [4.69, 9.17) is 5.11 Å². The van der Waals surface area contributed by atoms with Gasteiger partial charge in [-0.05, 0) is 24.6 Å². The summed E-state index contributed by atoms with van der Waals surface area (Å²) >= 11 is 4.53. The Morgan fingerprint density at radius 1 is 1.43 bits per heavy atom. The number of anilines is 1.